The van der Waals surface area contributed by atoms with Crippen LogP contribution in [-0.2, 0) is 12.8 Å². The molecule has 0 unspecified atom stereocenters. The monoisotopic (exact) mass is 409 g/mol. The summed E-state index contributed by atoms with van der Waals surface area (Å²) in [6.45, 7) is 0. The molecular formula is C23H19N7O. The van der Waals surface area contributed by atoms with E-state index in [1.54, 1.807) is 24.3 Å². The molecule has 8 heteroatoms. The number of anilines is 3. The van der Waals surface area contributed by atoms with E-state index in [1.165, 1.54) is 17.6 Å². The molecule has 0 spiro atoms. The van der Waals surface area contributed by atoms with Gasteiger partial charge in [-0.15, -0.1) is 0 Å². The Bertz CT molecular complexity index is 1330. The number of nitriles is 1. The number of carbonyl (C=O) groups excluding carboxylic acids is 1. The summed E-state index contributed by atoms with van der Waals surface area (Å²) in [4.78, 5) is 20.9. The third-order valence-corrected chi connectivity index (χ3v) is 5.47. The van der Waals surface area contributed by atoms with Crippen LogP contribution in [0.2, 0.25) is 0 Å². The highest BCUT2D eigenvalue weighted by Crippen LogP contribution is 2.36. The minimum absolute atomic E-state index is 0.359. The van der Waals surface area contributed by atoms with Crippen molar-refractivity contribution < 1.29 is 4.79 Å². The summed E-state index contributed by atoms with van der Waals surface area (Å²) in [5.74, 6) is 0.461. The molecular weight excluding hydrogens is 390 g/mol. The van der Waals surface area contributed by atoms with Gasteiger partial charge in [0.15, 0.2) is 5.82 Å². The van der Waals surface area contributed by atoms with Gasteiger partial charge in [-0.05, 0) is 73.4 Å². The molecule has 0 fully saturated rings. The van der Waals surface area contributed by atoms with Gasteiger partial charge in [0.1, 0.15) is 11.8 Å². The molecule has 0 bridgehead atoms. The molecule has 4 N–H and O–H groups in total. The van der Waals surface area contributed by atoms with Gasteiger partial charge < -0.3 is 20.9 Å². The highest BCUT2D eigenvalue weighted by atomic mass is 16.2. The number of nitrogens with zero attached hydrogens (tertiary/aromatic N) is 4. The molecule has 0 aliphatic heterocycles. The fourth-order valence-electron chi connectivity index (χ4n) is 4.10. The van der Waals surface area contributed by atoms with E-state index in [0.717, 1.165) is 36.0 Å². The first kappa shape index (κ1) is 18.6. The lowest BCUT2D eigenvalue weighted by Gasteiger charge is -2.12. The smallest absolute Gasteiger partial charge is 0.323 e. The maximum Gasteiger partial charge on any atom is 0.323 e. The number of nitrogens with one attached hydrogen (secondary N) is 2. The van der Waals surface area contributed by atoms with Crippen LogP contribution in [0, 0.1) is 11.3 Å². The number of amides is 2. The first-order valence-corrected chi connectivity index (χ1v) is 9.95. The molecule has 31 heavy (non-hydrogen) atoms. The maximum absolute atomic E-state index is 12.3. The summed E-state index contributed by atoms with van der Waals surface area (Å²) >= 11 is 0. The fourth-order valence-corrected chi connectivity index (χ4v) is 4.10. The van der Waals surface area contributed by atoms with E-state index in [2.05, 4.69) is 25.2 Å². The average molecular weight is 409 g/mol. The van der Waals surface area contributed by atoms with E-state index in [1.807, 2.05) is 30.3 Å². The lowest BCUT2D eigenvalue weighted by atomic mass is 10.2. The van der Waals surface area contributed by atoms with Gasteiger partial charge in [-0.1, -0.05) is 0 Å². The molecule has 0 saturated carbocycles. The molecule has 8 nitrogen and oxygen atoms in total. The number of carbonyl (C=O) groups is 1. The SMILES string of the molecule is N#Cc1ccc(NC(=O)Nc2ccc(-n3c4c(c5ncnc(N)c53)CCC4)cc2)cc1. The van der Waals surface area contributed by atoms with Crippen LogP contribution in [0.15, 0.2) is 54.9 Å². The highest BCUT2D eigenvalue weighted by molar-refractivity contribution is 6.00. The number of hydrogen-bond donors (Lipinski definition) is 3. The number of fused-ring (bicyclic) bond motifs is 3. The number of nitrogen functional groups attached to an aromatic ring is 1. The number of nitrogens with two attached hydrogens (primary N) is 1. The van der Waals surface area contributed by atoms with Crippen molar-refractivity contribution in [2.24, 2.45) is 0 Å². The second kappa shape index (κ2) is 7.46. The first-order chi connectivity index (χ1) is 15.1. The Morgan fingerprint density at radius 3 is 2.35 bits per heavy atom. The summed E-state index contributed by atoms with van der Waals surface area (Å²) < 4.78 is 2.13. The molecule has 2 heterocycles. The van der Waals surface area contributed by atoms with Crippen molar-refractivity contribution in [2.75, 3.05) is 16.4 Å². The maximum atomic E-state index is 12.3. The lowest BCUT2D eigenvalue weighted by Crippen LogP contribution is -2.19. The molecule has 5 rings (SSSR count). The van der Waals surface area contributed by atoms with Crippen LogP contribution >= 0.6 is 0 Å². The van der Waals surface area contributed by atoms with Gasteiger partial charge in [0.25, 0.3) is 0 Å². The Balaban J connectivity index is 1.39. The van der Waals surface area contributed by atoms with Gasteiger partial charge in [0.05, 0.1) is 17.1 Å². The molecule has 2 aromatic heterocycles. The van der Waals surface area contributed by atoms with Crippen molar-refractivity contribution >= 4 is 34.3 Å². The van der Waals surface area contributed by atoms with Crippen molar-refractivity contribution in [2.45, 2.75) is 19.3 Å². The van der Waals surface area contributed by atoms with Crippen LogP contribution in [0.4, 0.5) is 22.0 Å². The van der Waals surface area contributed by atoms with E-state index in [4.69, 9.17) is 11.0 Å². The van der Waals surface area contributed by atoms with Crippen molar-refractivity contribution in [1.29, 1.82) is 5.26 Å². The van der Waals surface area contributed by atoms with Crippen molar-refractivity contribution in [1.82, 2.24) is 14.5 Å². The van der Waals surface area contributed by atoms with Crippen LogP contribution in [0.1, 0.15) is 23.2 Å². The summed E-state index contributed by atoms with van der Waals surface area (Å²) in [7, 11) is 0. The number of aromatic nitrogens is 3. The Hall–Kier alpha value is -4.38. The highest BCUT2D eigenvalue weighted by Gasteiger charge is 2.25. The third-order valence-electron chi connectivity index (χ3n) is 5.47. The molecule has 4 aromatic rings. The summed E-state index contributed by atoms with van der Waals surface area (Å²) in [5, 5.41) is 14.4. The molecule has 1 aliphatic carbocycles. The lowest BCUT2D eigenvalue weighted by molar-refractivity contribution is 0.262. The number of urea groups is 1. The van der Waals surface area contributed by atoms with Crippen LogP contribution in [0.25, 0.3) is 16.7 Å². The van der Waals surface area contributed by atoms with Crippen molar-refractivity contribution in [3.8, 4) is 11.8 Å². The molecule has 2 aromatic carbocycles. The molecule has 1 aliphatic rings. The van der Waals surface area contributed by atoms with Gasteiger partial charge in [-0.25, -0.2) is 14.8 Å². The van der Waals surface area contributed by atoms with Gasteiger partial charge in [-0.3, -0.25) is 0 Å². The Morgan fingerprint density at radius 1 is 1.00 bits per heavy atom. The second-order valence-corrected chi connectivity index (χ2v) is 7.39. The number of rotatable bonds is 3. The molecule has 0 radical (unpaired) electrons. The van der Waals surface area contributed by atoms with Gasteiger partial charge in [-0.2, -0.15) is 5.26 Å². The fraction of sp³-hybridized carbons (Fsp3) is 0.130. The zero-order valence-corrected chi connectivity index (χ0v) is 16.6. The van der Waals surface area contributed by atoms with E-state index in [-0.39, 0.29) is 6.03 Å². The molecule has 0 saturated heterocycles. The number of benzene rings is 2. The zero-order valence-electron chi connectivity index (χ0n) is 16.6. The zero-order chi connectivity index (χ0) is 21.4. The third kappa shape index (κ3) is 3.32. The predicted octanol–water partition coefficient (Wildman–Crippen LogP) is 4.01. The summed E-state index contributed by atoms with van der Waals surface area (Å²) in [6, 6.07) is 16.0. The summed E-state index contributed by atoms with van der Waals surface area (Å²) in [6.07, 6.45) is 4.57. The minimum Gasteiger partial charge on any atom is -0.382 e. The summed E-state index contributed by atoms with van der Waals surface area (Å²) in [5.41, 5.74) is 13.2. The van der Waals surface area contributed by atoms with Gasteiger partial charge in [0.2, 0.25) is 0 Å². The van der Waals surface area contributed by atoms with E-state index < -0.39 is 0 Å². The second-order valence-electron chi connectivity index (χ2n) is 7.39. The van der Waals surface area contributed by atoms with Gasteiger partial charge >= 0.3 is 6.03 Å². The molecule has 152 valence electrons. The number of aryl methyl sites for hydroxylation is 1. The Labute approximate surface area is 178 Å². The largest absolute Gasteiger partial charge is 0.382 e. The average Bonchev–Trinajstić information content (AvgIpc) is 3.37. The van der Waals surface area contributed by atoms with Crippen LogP contribution in [0.3, 0.4) is 0 Å². The van der Waals surface area contributed by atoms with Crippen molar-refractivity contribution in [3.05, 3.63) is 71.7 Å². The van der Waals surface area contributed by atoms with Crippen LogP contribution < -0.4 is 16.4 Å². The van der Waals surface area contributed by atoms with Crippen LogP contribution in [-0.4, -0.2) is 20.6 Å². The molecule has 2 amide bonds. The van der Waals surface area contributed by atoms with E-state index in [0.29, 0.717) is 22.8 Å². The Morgan fingerprint density at radius 2 is 1.68 bits per heavy atom. The molecule has 0 atom stereocenters. The topological polar surface area (TPSA) is 122 Å². The van der Waals surface area contributed by atoms with E-state index >= 15 is 0 Å². The minimum atomic E-state index is -0.359. The van der Waals surface area contributed by atoms with Gasteiger partial charge in [0, 0.05) is 22.8 Å². The van der Waals surface area contributed by atoms with Crippen molar-refractivity contribution in [3.63, 3.8) is 0 Å². The first-order valence-electron chi connectivity index (χ1n) is 9.95. The quantitative estimate of drug-likeness (QED) is 0.472. The Kier molecular flexibility index (Phi) is 4.49. The van der Waals surface area contributed by atoms with E-state index in [9.17, 15) is 4.79 Å². The normalized spacial score (nSPS) is 12.4. The number of hydrogen-bond acceptors (Lipinski definition) is 5. The standard InChI is InChI=1S/C23H19N7O/c24-12-14-4-6-15(7-5-14)28-23(31)29-16-8-10-17(11-9-16)30-19-3-1-2-18(19)20-21(30)22(25)27-13-26-20/h4-11,13H,1-3H2,(H2,25,26,27)(H2,28,29,31). The predicted molar refractivity (Wildman–Crippen MR) is 119 cm³/mol. The van der Waals surface area contributed by atoms with Crippen LogP contribution in [0.5, 0.6) is 0 Å².